The van der Waals surface area contributed by atoms with Gasteiger partial charge in [0.15, 0.2) is 0 Å². The molecule has 2 rings (SSSR count). The van der Waals surface area contributed by atoms with E-state index in [0.717, 1.165) is 12.8 Å². The smallest absolute Gasteiger partial charge is 0.423 e. The molecule has 0 radical (unpaired) electrons. The summed E-state index contributed by atoms with van der Waals surface area (Å²) in [6.45, 7) is 0. The largest absolute Gasteiger partial charge is 0.488 e. The zero-order valence-electron chi connectivity index (χ0n) is 11.1. The van der Waals surface area contributed by atoms with Gasteiger partial charge in [0.05, 0.1) is 6.10 Å². The Labute approximate surface area is 112 Å². The van der Waals surface area contributed by atoms with E-state index in [0.29, 0.717) is 11.0 Å². The molecule has 1 amide bonds. The van der Waals surface area contributed by atoms with Crippen molar-refractivity contribution in [2.75, 3.05) is 14.2 Å². The van der Waals surface area contributed by atoms with Gasteiger partial charge in [0, 0.05) is 25.8 Å². The van der Waals surface area contributed by atoms with E-state index >= 15 is 0 Å². The number of rotatable bonds is 4. The maximum Gasteiger partial charge on any atom is 0.488 e. The van der Waals surface area contributed by atoms with E-state index in [1.54, 1.807) is 43.3 Å². The Morgan fingerprint density at radius 1 is 1.32 bits per heavy atom. The van der Waals surface area contributed by atoms with Gasteiger partial charge < -0.3 is 19.7 Å². The predicted octanol–water partition coefficient (Wildman–Crippen LogP) is -0.384. The van der Waals surface area contributed by atoms with Crippen molar-refractivity contribution in [1.82, 2.24) is 4.90 Å². The van der Waals surface area contributed by atoms with Gasteiger partial charge in [0.25, 0.3) is 5.91 Å². The van der Waals surface area contributed by atoms with Crippen LogP contribution in [-0.2, 0) is 4.74 Å². The van der Waals surface area contributed by atoms with Gasteiger partial charge in [-0.05, 0) is 30.4 Å². The zero-order valence-corrected chi connectivity index (χ0v) is 11.1. The zero-order chi connectivity index (χ0) is 14.0. The summed E-state index contributed by atoms with van der Waals surface area (Å²) in [5, 5.41) is 18.0. The Bertz CT molecular complexity index is 442. The molecular formula is C13H18BNO4. The molecule has 0 bridgehead atoms. The summed E-state index contributed by atoms with van der Waals surface area (Å²) < 4.78 is 5.20. The minimum Gasteiger partial charge on any atom is -0.423 e. The summed E-state index contributed by atoms with van der Waals surface area (Å²) in [4.78, 5) is 13.9. The molecule has 2 N–H and O–H groups in total. The number of hydrogen-bond acceptors (Lipinski definition) is 4. The highest BCUT2D eigenvalue weighted by Crippen LogP contribution is 2.27. The highest BCUT2D eigenvalue weighted by molar-refractivity contribution is 6.58. The Balaban J connectivity index is 1.99. The van der Waals surface area contributed by atoms with Crippen LogP contribution in [0.4, 0.5) is 0 Å². The van der Waals surface area contributed by atoms with Crippen molar-refractivity contribution < 1.29 is 19.6 Å². The second-order valence-corrected chi connectivity index (χ2v) is 4.89. The van der Waals surface area contributed by atoms with Crippen LogP contribution < -0.4 is 5.46 Å². The van der Waals surface area contributed by atoms with Crippen molar-refractivity contribution in [1.29, 1.82) is 0 Å². The second-order valence-electron chi connectivity index (χ2n) is 4.89. The van der Waals surface area contributed by atoms with E-state index in [4.69, 9.17) is 14.8 Å². The van der Waals surface area contributed by atoms with Gasteiger partial charge in [0.2, 0.25) is 0 Å². The molecule has 1 aromatic carbocycles. The molecule has 0 spiro atoms. The van der Waals surface area contributed by atoms with E-state index in [9.17, 15) is 4.79 Å². The summed E-state index contributed by atoms with van der Waals surface area (Å²) in [5.74, 6) is -0.0569. The molecule has 1 saturated carbocycles. The van der Waals surface area contributed by atoms with Crippen LogP contribution >= 0.6 is 0 Å². The van der Waals surface area contributed by atoms with E-state index < -0.39 is 7.12 Å². The maximum atomic E-state index is 12.2. The summed E-state index contributed by atoms with van der Waals surface area (Å²) in [6, 6.07) is 6.54. The Kier molecular flexibility index (Phi) is 4.24. The molecule has 0 atom stereocenters. The first-order chi connectivity index (χ1) is 9.02. The lowest BCUT2D eigenvalue weighted by Gasteiger charge is -2.40. The van der Waals surface area contributed by atoms with Crippen LogP contribution in [0.5, 0.6) is 0 Å². The van der Waals surface area contributed by atoms with Crippen molar-refractivity contribution in [3.05, 3.63) is 29.8 Å². The van der Waals surface area contributed by atoms with Crippen molar-refractivity contribution in [2.45, 2.75) is 25.0 Å². The van der Waals surface area contributed by atoms with Gasteiger partial charge in [-0.25, -0.2) is 0 Å². The third kappa shape index (κ3) is 2.97. The fraction of sp³-hybridized carbons (Fsp3) is 0.462. The van der Waals surface area contributed by atoms with Crippen molar-refractivity contribution >= 4 is 18.5 Å². The average molecular weight is 263 g/mol. The highest BCUT2D eigenvalue weighted by Gasteiger charge is 2.34. The molecule has 1 fully saturated rings. The first kappa shape index (κ1) is 14.1. The van der Waals surface area contributed by atoms with Gasteiger partial charge in [-0.15, -0.1) is 0 Å². The van der Waals surface area contributed by atoms with Gasteiger partial charge in [-0.3, -0.25) is 4.79 Å². The first-order valence-corrected chi connectivity index (χ1v) is 6.29. The van der Waals surface area contributed by atoms with Crippen LogP contribution in [-0.4, -0.2) is 54.3 Å². The van der Waals surface area contributed by atoms with E-state index in [1.807, 2.05) is 0 Å². The molecule has 1 aliphatic carbocycles. The number of carbonyl (C=O) groups is 1. The normalized spacial score (nSPS) is 21.7. The molecule has 0 aromatic heterocycles. The van der Waals surface area contributed by atoms with Gasteiger partial charge >= 0.3 is 7.12 Å². The molecule has 1 aliphatic rings. The molecule has 6 heteroatoms. The van der Waals surface area contributed by atoms with E-state index in [-0.39, 0.29) is 18.1 Å². The molecule has 19 heavy (non-hydrogen) atoms. The van der Waals surface area contributed by atoms with Crippen LogP contribution in [0.3, 0.4) is 0 Å². The number of amides is 1. The monoisotopic (exact) mass is 263 g/mol. The Hall–Kier alpha value is -1.37. The fourth-order valence-corrected chi connectivity index (χ4v) is 2.21. The minimum absolute atomic E-state index is 0.0569. The van der Waals surface area contributed by atoms with Crippen LogP contribution in [0, 0.1) is 0 Å². The third-order valence-corrected chi connectivity index (χ3v) is 3.73. The van der Waals surface area contributed by atoms with Crippen LogP contribution in [0.1, 0.15) is 23.2 Å². The number of methoxy groups -OCH3 is 1. The molecule has 0 saturated heterocycles. The summed E-state index contributed by atoms with van der Waals surface area (Å²) >= 11 is 0. The number of ether oxygens (including phenoxy) is 1. The van der Waals surface area contributed by atoms with Crippen molar-refractivity contribution in [3.8, 4) is 0 Å². The summed E-state index contributed by atoms with van der Waals surface area (Å²) in [7, 11) is 1.96. The summed E-state index contributed by atoms with van der Waals surface area (Å²) in [5.41, 5.74) is 0.926. The van der Waals surface area contributed by atoms with E-state index in [1.165, 1.54) is 0 Å². The number of carbonyl (C=O) groups excluding carboxylic acids is 1. The second kappa shape index (κ2) is 5.73. The predicted molar refractivity (Wildman–Crippen MR) is 72.2 cm³/mol. The SMILES string of the molecule is COC1CC(N(C)C(=O)c2ccc(B(O)O)cc2)C1. The van der Waals surface area contributed by atoms with Gasteiger partial charge in [-0.1, -0.05) is 12.1 Å². The average Bonchev–Trinajstić information content (AvgIpc) is 2.36. The molecule has 1 aromatic rings. The number of hydrogen-bond donors (Lipinski definition) is 2. The fourth-order valence-electron chi connectivity index (χ4n) is 2.21. The lowest BCUT2D eigenvalue weighted by molar-refractivity contribution is -0.0144. The van der Waals surface area contributed by atoms with Crippen molar-refractivity contribution in [2.24, 2.45) is 0 Å². The molecule has 0 unspecified atom stereocenters. The standard InChI is InChI=1S/C13H18BNO4/c1-15(11-7-12(8-11)19-2)13(16)9-3-5-10(6-4-9)14(17)18/h3-6,11-12,17-18H,7-8H2,1-2H3. The maximum absolute atomic E-state index is 12.2. The van der Waals surface area contributed by atoms with Gasteiger partial charge in [0.1, 0.15) is 0 Å². The number of nitrogens with zero attached hydrogens (tertiary/aromatic N) is 1. The Morgan fingerprint density at radius 2 is 1.89 bits per heavy atom. The van der Waals surface area contributed by atoms with E-state index in [2.05, 4.69) is 0 Å². The van der Waals surface area contributed by atoms with Crippen LogP contribution in [0.15, 0.2) is 24.3 Å². The van der Waals surface area contributed by atoms with Crippen molar-refractivity contribution in [3.63, 3.8) is 0 Å². The minimum atomic E-state index is -1.50. The first-order valence-electron chi connectivity index (χ1n) is 6.29. The lowest BCUT2D eigenvalue weighted by atomic mass is 9.80. The summed E-state index contributed by atoms with van der Waals surface area (Å²) in [6.07, 6.45) is 1.99. The highest BCUT2D eigenvalue weighted by atomic mass is 16.5. The number of benzene rings is 1. The van der Waals surface area contributed by atoms with Crippen LogP contribution in [0.25, 0.3) is 0 Å². The quantitative estimate of drug-likeness (QED) is 0.726. The lowest BCUT2D eigenvalue weighted by Crippen LogP contribution is -2.48. The Morgan fingerprint density at radius 3 is 2.37 bits per heavy atom. The topological polar surface area (TPSA) is 70.0 Å². The van der Waals surface area contributed by atoms with Crippen LogP contribution in [0.2, 0.25) is 0 Å². The molecule has 0 heterocycles. The van der Waals surface area contributed by atoms with Gasteiger partial charge in [-0.2, -0.15) is 0 Å². The third-order valence-electron chi connectivity index (χ3n) is 3.73. The molecular weight excluding hydrogens is 245 g/mol. The molecule has 5 nitrogen and oxygen atoms in total. The molecule has 102 valence electrons. The molecule has 0 aliphatic heterocycles.